The molecule has 0 aliphatic heterocycles. The number of rotatable bonds is 5. The average molecular weight is 318 g/mol. The van der Waals surface area contributed by atoms with E-state index in [4.69, 9.17) is 11.6 Å². The zero-order valence-corrected chi connectivity index (χ0v) is 13.6. The number of halogens is 1. The Morgan fingerprint density at radius 2 is 1.81 bits per heavy atom. The highest BCUT2D eigenvalue weighted by Crippen LogP contribution is 2.34. The smallest absolute Gasteiger partial charge is 0.0409 e. The molecule has 3 rings (SSSR count). The minimum Gasteiger partial charge on any atom is -0.381 e. The molecule has 110 valence electrons. The van der Waals surface area contributed by atoms with Crippen LogP contribution >= 0.6 is 23.4 Å². The van der Waals surface area contributed by atoms with Gasteiger partial charge in [0, 0.05) is 27.4 Å². The largest absolute Gasteiger partial charge is 0.381 e. The van der Waals surface area contributed by atoms with Crippen LogP contribution < -0.4 is 5.32 Å². The van der Waals surface area contributed by atoms with E-state index in [1.54, 1.807) is 0 Å². The van der Waals surface area contributed by atoms with Crippen LogP contribution in [0.15, 0.2) is 53.4 Å². The molecule has 2 aromatic carbocycles. The van der Waals surface area contributed by atoms with Gasteiger partial charge < -0.3 is 5.32 Å². The van der Waals surface area contributed by atoms with Crippen molar-refractivity contribution in [2.45, 2.75) is 42.4 Å². The fraction of sp³-hybridized carbons (Fsp3) is 0.333. The third-order valence-corrected chi connectivity index (χ3v) is 5.43. The maximum Gasteiger partial charge on any atom is 0.0409 e. The Bertz CT molecular complexity index is 576. The molecule has 1 aliphatic rings. The first-order valence-corrected chi connectivity index (χ1v) is 8.80. The summed E-state index contributed by atoms with van der Waals surface area (Å²) in [5.41, 5.74) is 2.36. The van der Waals surface area contributed by atoms with Gasteiger partial charge in [-0.05, 0) is 54.8 Å². The van der Waals surface area contributed by atoms with Gasteiger partial charge in [-0.15, -0.1) is 11.8 Å². The van der Waals surface area contributed by atoms with Crippen molar-refractivity contribution in [1.29, 1.82) is 0 Å². The number of hydrogen-bond acceptors (Lipinski definition) is 2. The molecule has 1 fully saturated rings. The molecular formula is C18H20ClNS. The second-order valence-electron chi connectivity index (χ2n) is 5.53. The summed E-state index contributed by atoms with van der Waals surface area (Å²) in [5.74, 6) is 0. The fourth-order valence-corrected chi connectivity index (χ4v) is 4.16. The summed E-state index contributed by atoms with van der Waals surface area (Å²) >= 11 is 8.03. The monoisotopic (exact) mass is 317 g/mol. The van der Waals surface area contributed by atoms with E-state index in [1.807, 2.05) is 30.0 Å². The molecular weight excluding hydrogens is 298 g/mol. The molecule has 0 heterocycles. The number of nitrogens with one attached hydrogen (secondary N) is 1. The molecule has 1 aliphatic carbocycles. The maximum absolute atomic E-state index is 6.00. The molecule has 0 spiro atoms. The molecule has 0 radical (unpaired) electrons. The molecule has 21 heavy (non-hydrogen) atoms. The van der Waals surface area contributed by atoms with Gasteiger partial charge in [-0.1, -0.05) is 36.6 Å². The van der Waals surface area contributed by atoms with Crippen LogP contribution in [-0.4, -0.2) is 5.25 Å². The molecule has 0 unspecified atom stereocenters. The van der Waals surface area contributed by atoms with Gasteiger partial charge >= 0.3 is 0 Å². The molecule has 0 amide bonds. The van der Waals surface area contributed by atoms with Crippen molar-refractivity contribution in [3.63, 3.8) is 0 Å². The Morgan fingerprint density at radius 3 is 2.52 bits per heavy atom. The minimum absolute atomic E-state index is 0.789. The molecule has 2 aromatic rings. The van der Waals surface area contributed by atoms with E-state index in [-0.39, 0.29) is 0 Å². The lowest BCUT2D eigenvalue weighted by Crippen LogP contribution is -1.99. The van der Waals surface area contributed by atoms with Crippen LogP contribution in [0.25, 0.3) is 0 Å². The summed E-state index contributed by atoms with van der Waals surface area (Å²) in [6.45, 7) is 0.801. The van der Waals surface area contributed by atoms with Crippen molar-refractivity contribution in [2.75, 3.05) is 5.32 Å². The van der Waals surface area contributed by atoms with Gasteiger partial charge in [-0.25, -0.2) is 0 Å². The van der Waals surface area contributed by atoms with Gasteiger partial charge in [0.2, 0.25) is 0 Å². The van der Waals surface area contributed by atoms with Crippen LogP contribution in [0.1, 0.15) is 31.2 Å². The second-order valence-corrected chi connectivity index (χ2v) is 7.34. The third-order valence-electron chi connectivity index (χ3n) is 3.84. The van der Waals surface area contributed by atoms with Crippen molar-refractivity contribution >= 4 is 29.1 Å². The van der Waals surface area contributed by atoms with Gasteiger partial charge in [0.15, 0.2) is 0 Å². The normalized spacial score (nSPS) is 15.3. The average Bonchev–Trinajstić information content (AvgIpc) is 3.00. The van der Waals surface area contributed by atoms with Crippen LogP contribution in [0.4, 0.5) is 5.69 Å². The van der Waals surface area contributed by atoms with E-state index in [0.29, 0.717) is 0 Å². The summed E-state index contributed by atoms with van der Waals surface area (Å²) in [6, 6.07) is 16.8. The van der Waals surface area contributed by atoms with E-state index >= 15 is 0 Å². The molecule has 0 atom stereocenters. The van der Waals surface area contributed by atoms with E-state index in [2.05, 4.69) is 35.6 Å². The highest BCUT2D eigenvalue weighted by atomic mass is 35.5. The number of anilines is 1. The van der Waals surface area contributed by atoms with Crippen molar-refractivity contribution < 1.29 is 0 Å². The maximum atomic E-state index is 6.00. The molecule has 1 saturated carbocycles. The summed E-state index contributed by atoms with van der Waals surface area (Å²) < 4.78 is 0. The van der Waals surface area contributed by atoms with E-state index in [0.717, 1.165) is 22.5 Å². The van der Waals surface area contributed by atoms with E-state index in [9.17, 15) is 0 Å². The highest BCUT2D eigenvalue weighted by Gasteiger charge is 2.15. The van der Waals surface area contributed by atoms with Gasteiger partial charge in [0.05, 0.1) is 0 Å². The summed E-state index contributed by atoms with van der Waals surface area (Å²) in [7, 11) is 0. The van der Waals surface area contributed by atoms with Crippen molar-refractivity contribution in [2.24, 2.45) is 0 Å². The van der Waals surface area contributed by atoms with Crippen LogP contribution in [0.3, 0.4) is 0 Å². The quantitative estimate of drug-likeness (QED) is 0.727. The first kappa shape index (κ1) is 14.8. The number of thioether (sulfide) groups is 1. The van der Waals surface area contributed by atoms with Gasteiger partial charge in [0.1, 0.15) is 0 Å². The standard InChI is InChI=1S/C18H20ClNS/c19-15-5-3-4-14(12-15)13-20-16-8-10-18(11-9-16)21-17-6-1-2-7-17/h3-5,8-12,17,20H,1-2,6-7,13H2. The summed E-state index contributed by atoms with van der Waals surface area (Å²) in [5, 5.41) is 5.06. The zero-order chi connectivity index (χ0) is 14.5. The minimum atomic E-state index is 0.789. The Hall–Kier alpha value is -1.12. The SMILES string of the molecule is Clc1cccc(CNc2ccc(SC3CCCC3)cc2)c1. The van der Waals surface area contributed by atoms with Crippen molar-refractivity contribution in [3.8, 4) is 0 Å². The number of hydrogen-bond donors (Lipinski definition) is 1. The first-order valence-electron chi connectivity index (χ1n) is 7.55. The van der Waals surface area contributed by atoms with Crippen molar-refractivity contribution in [1.82, 2.24) is 0 Å². The number of benzene rings is 2. The topological polar surface area (TPSA) is 12.0 Å². The lowest BCUT2D eigenvalue weighted by Gasteiger charge is -2.10. The van der Waals surface area contributed by atoms with Gasteiger partial charge in [0.25, 0.3) is 0 Å². The molecule has 0 aromatic heterocycles. The molecule has 1 N–H and O–H groups in total. The van der Waals surface area contributed by atoms with E-state index < -0.39 is 0 Å². The zero-order valence-electron chi connectivity index (χ0n) is 12.0. The summed E-state index contributed by atoms with van der Waals surface area (Å²) in [6.07, 6.45) is 5.55. The molecule has 1 nitrogen and oxygen atoms in total. The molecule has 0 bridgehead atoms. The van der Waals surface area contributed by atoms with Crippen LogP contribution in [0.5, 0.6) is 0 Å². The second kappa shape index (κ2) is 7.24. The Labute approximate surface area is 136 Å². The van der Waals surface area contributed by atoms with Crippen LogP contribution in [0.2, 0.25) is 5.02 Å². The Morgan fingerprint density at radius 1 is 1.05 bits per heavy atom. The third kappa shape index (κ3) is 4.42. The van der Waals surface area contributed by atoms with Crippen molar-refractivity contribution in [3.05, 3.63) is 59.1 Å². The van der Waals surface area contributed by atoms with Gasteiger partial charge in [-0.2, -0.15) is 0 Å². The highest BCUT2D eigenvalue weighted by molar-refractivity contribution is 8.00. The van der Waals surface area contributed by atoms with E-state index in [1.165, 1.54) is 36.1 Å². The first-order chi connectivity index (χ1) is 10.3. The predicted octanol–water partition coefficient (Wildman–Crippen LogP) is 5.99. The Kier molecular flexibility index (Phi) is 5.10. The lowest BCUT2D eigenvalue weighted by atomic mass is 10.2. The fourth-order valence-electron chi connectivity index (χ4n) is 2.70. The molecule has 0 saturated heterocycles. The Balaban J connectivity index is 1.54. The summed E-state index contributed by atoms with van der Waals surface area (Å²) in [4.78, 5) is 1.38. The molecule has 3 heteroatoms. The van der Waals surface area contributed by atoms with Crippen LogP contribution in [-0.2, 0) is 6.54 Å². The predicted molar refractivity (Wildman–Crippen MR) is 93.3 cm³/mol. The van der Waals surface area contributed by atoms with Gasteiger partial charge in [-0.3, -0.25) is 0 Å². The van der Waals surface area contributed by atoms with Crippen LogP contribution in [0, 0.1) is 0 Å². The lowest BCUT2D eigenvalue weighted by molar-refractivity contribution is 0.886.